The van der Waals surface area contributed by atoms with E-state index in [4.69, 9.17) is 21.1 Å². The van der Waals surface area contributed by atoms with Crippen LogP contribution in [0, 0.1) is 6.92 Å². The van der Waals surface area contributed by atoms with E-state index in [1.807, 2.05) is 26.0 Å². The van der Waals surface area contributed by atoms with E-state index < -0.39 is 10.0 Å². The molecule has 7 nitrogen and oxygen atoms in total. The molecule has 0 aromatic heterocycles. The quantitative estimate of drug-likeness (QED) is 0.567. The zero-order valence-electron chi connectivity index (χ0n) is 18.4. The fourth-order valence-electron chi connectivity index (χ4n) is 3.22. The SMILES string of the molecule is COc1ccc([C@H](C)NC(=O)CCCN(c2cc(Cl)ccc2C)S(C)(=O)=O)cc1OC. The summed E-state index contributed by atoms with van der Waals surface area (Å²) in [6.45, 7) is 3.87. The van der Waals surface area contributed by atoms with Crippen LogP contribution in [-0.4, -0.2) is 41.3 Å². The highest BCUT2D eigenvalue weighted by Gasteiger charge is 2.20. The summed E-state index contributed by atoms with van der Waals surface area (Å²) in [6, 6.07) is 10.3. The number of rotatable bonds is 10. The second-order valence-electron chi connectivity index (χ2n) is 7.27. The van der Waals surface area contributed by atoms with Crippen molar-refractivity contribution in [2.24, 2.45) is 0 Å². The molecule has 0 aliphatic rings. The van der Waals surface area contributed by atoms with Crippen molar-refractivity contribution in [3.8, 4) is 11.5 Å². The third kappa shape index (κ3) is 6.77. The second-order valence-corrected chi connectivity index (χ2v) is 9.62. The Labute approximate surface area is 189 Å². The van der Waals surface area contributed by atoms with Gasteiger partial charge in [-0.05, 0) is 55.7 Å². The molecule has 31 heavy (non-hydrogen) atoms. The van der Waals surface area contributed by atoms with Crippen molar-refractivity contribution >= 4 is 33.2 Å². The highest BCUT2D eigenvalue weighted by atomic mass is 35.5. The van der Waals surface area contributed by atoms with E-state index in [9.17, 15) is 13.2 Å². The third-order valence-electron chi connectivity index (χ3n) is 4.89. The van der Waals surface area contributed by atoms with Gasteiger partial charge in [0.15, 0.2) is 11.5 Å². The van der Waals surface area contributed by atoms with Crippen molar-refractivity contribution < 1.29 is 22.7 Å². The van der Waals surface area contributed by atoms with Crippen LogP contribution in [0.15, 0.2) is 36.4 Å². The van der Waals surface area contributed by atoms with Crippen molar-refractivity contribution in [2.75, 3.05) is 31.3 Å². The van der Waals surface area contributed by atoms with Gasteiger partial charge in [0.05, 0.1) is 32.2 Å². The number of aryl methyl sites for hydroxylation is 1. The number of anilines is 1. The van der Waals surface area contributed by atoms with Gasteiger partial charge in [-0.1, -0.05) is 23.7 Å². The van der Waals surface area contributed by atoms with Gasteiger partial charge in [0.2, 0.25) is 15.9 Å². The minimum atomic E-state index is -3.52. The number of carbonyl (C=O) groups excluding carboxylic acids is 1. The summed E-state index contributed by atoms with van der Waals surface area (Å²) in [5, 5.41) is 3.39. The molecule has 1 atom stereocenters. The second kappa shape index (κ2) is 10.7. The highest BCUT2D eigenvalue weighted by Crippen LogP contribution is 2.30. The third-order valence-corrected chi connectivity index (χ3v) is 6.31. The Morgan fingerprint density at radius 2 is 1.81 bits per heavy atom. The molecule has 1 N–H and O–H groups in total. The van der Waals surface area contributed by atoms with E-state index in [0.29, 0.717) is 28.6 Å². The molecule has 0 aliphatic carbocycles. The Bertz CT molecular complexity index is 1030. The minimum absolute atomic E-state index is 0.168. The molecule has 0 radical (unpaired) electrons. The first-order valence-electron chi connectivity index (χ1n) is 9.82. The molecule has 2 aromatic carbocycles. The van der Waals surface area contributed by atoms with Crippen LogP contribution < -0.4 is 19.1 Å². The standard InChI is InChI=1S/C22H29ClN2O5S/c1-15-8-10-18(23)14-19(15)25(31(5,27)28)12-6-7-22(26)24-16(2)17-9-11-20(29-3)21(13-17)30-4/h8-11,13-14,16H,6-7,12H2,1-5H3,(H,24,26)/t16-/m0/s1. The van der Waals surface area contributed by atoms with Crippen molar-refractivity contribution in [3.63, 3.8) is 0 Å². The topological polar surface area (TPSA) is 84.9 Å². The number of methoxy groups -OCH3 is 2. The van der Waals surface area contributed by atoms with Crippen molar-refractivity contribution in [2.45, 2.75) is 32.7 Å². The summed E-state index contributed by atoms with van der Waals surface area (Å²) in [4.78, 5) is 12.4. The lowest BCUT2D eigenvalue weighted by Gasteiger charge is -2.24. The van der Waals surface area contributed by atoms with E-state index >= 15 is 0 Å². The molecule has 1 amide bonds. The molecule has 0 heterocycles. The number of nitrogens with zero attached hydrogens (tertiary/aromatic N) is 1. The van der Waals surface area contributed by atoms with Crippen LogP contribution in [-0.2, 0) is 14.8 Å². The molecule has 0 spiro atoms. The summed E-state index contributed by atoms with van der Waals surface area (Å²) < 4.78 is 36.4. The maximum atomic E-state index is 12.4. The molecule has 170 valence electrons. The summed E-state index contributed by atoms with van der Waals surface area (Å²) >= 11 is 6.05. The largest absolute Gasteiger partial charge is 0.493 e. The van der Waals surface area contributed by atoms with Crippen LogP contribution >= 0.6 is 11.6 Å². The fraction of sp³-hybridized carbons (Fsp3) is 0.409. The lowest BCUT2D eigenvalue weighted by Crippen LogP contribution is -2.33. The zero-order chi connectivity index (χ0) is 23.2. The number of nitrogens with one attached hydrogen (secondary N) is 1. The van der Waals surface area contributed by atoms with Crippen LogP contribution in [0.1, 0.15) is 36.9 Å². The number of amides is 1. The molecular weight excluding hydrogens is 440 g/mol. The van der Waals surface area contributed by atoms with Gasteiger partial charge in [0, 0.05) is 18.0 Å². The monoisotopic (exact) mass is 468 g/mol. The van der Waals surface area contributed by atoms with Crippen LogP contribution in [0.25, 0.3) is 0 Å². The Balaban J connectivity index is 2.00. The molecule has 0 unspecified atom stereocenters. The average Bonchev–Trinajstić information content (AvgIpc) is 2.71. The molecule has 0 aliphatic heterocycles. The molecular formula is C22H29ClN2O5S. The van der Waals surface area contributed by atoms with E-state index in [-0.39, 0.29) is 24.9 Å². The Hall–Kier alpha value is -2.45. The maximum absolute atomic E-state index is 12.4. The van der Waals surface area contributed by atoms with Crippen LogP contribution in [0.4, 0.5) is 5.69 Å². The molecule has 2 rings (SSSR count). The smallest absolute Gasteiger partial charge is 0.232 e. The fourth-order valence-corrected chi connectivity index (χ4v) is 4.40. The summed E-state index contributed by atoms with van der Waals surface area (Å²) in [5.41, 5.74) is 2.19. The molecule has 0 saturated heterocycles. The Morgan fingerprint density at radius 1 is 1.13 bits per heavy atom. The van der Waals surface area contributed by atoms with Gasteiger partial charge in [-0.2, -0.15) is 0 Å². The number of carbonyl (C=O) groups is 1. The summed E-state index contributed by atoms with van der Waals surface area (Å²) in [7, 11) is -0.400. The predicted molar refractivity (Wildman–Crippen MR) is 124 cm³/mol. The Morgan fingerprint density at radius 3 is 2.42 bits per heavy atom. The summed E-state index contributed by atoms with van der Waals surface area (Å²) in [5.74, 6) is 1.03. The summed E-state index contributed by atoms with van der Waals surface area (Å²) in [6.07, 6.45) is 1.69. The number of hydrogen-bond acceptors (Lipinski definition) is 5. The molecule has 2 aromatic rings. The van der Waals surface area contributed by atoms with Crippen molar-refractivity contribution in [3.05, 3.63) is 52.5 Å². The average molecular weight is 469 g/mol. The first kappa shape index (κ1) is 24.8. The molecule has 0 bridgehead atoms. The zero-order valence-corrected chi connectivity index (χ0v) is 20.0. The number of halogens is 1. The van der Waals surface area contributed by atoms with Gasteiger partial charge in [0.25, 0.3) is 0 Å². The normalized spacial score (nSPS) is 12.2. The van der Waals surface area contributed by atoms with Gasteiger partial charge in [0.1, 0.15) is 0 Å². The van der Waals surface area contributed by atoms with E-state index in [2.05, 4.69) is 5.32 Å². The lowest BCUT2D eigenvalue weighted by atomic mass is 10.1. The van der Waals surface area contributed by atoms with Crippen LogP contribution in [0.5, 0.6) is 11.5 Å². The first-order valence-corrected chi connectivity index (χ1v) is 12.0. The number of hydrogen-bond donors (Lipinski definition) is 1. The maximum Gasteiger partial charge on any atom is 0.232 e. The van der Waals surface area contributed by atoms with Crippen molar-refractivity contribution in [1.29, 1.82) is 0 Å². The highest BCUT2D eigenvalue weighted by molar-refractivity contribution is 7.92. The van der Waals surface area contributed by atoms with Gasteiger partial charge >= 0.3 is 0 Å². The van der Waals surface area contributed by atoms with Crippen molar-refractivity contribution in [1.82, 2.24) is 5.32 Å². The lowest BCUT2D eigenvalue weighted by molar-refractivity contribution is -0.121. The van der Waals surface area contributed by atoms with Gasteiger partial charge in [-0.3, -0.25) is 9.10 Å². The van der Waals surface area contributed by atoms with E-state index in [0.717, 1.165) is 17.4 Å². The number of sulfonamides is 1. The van der Waals surface area contributed by atoms with Gasteiger partial charge in [-0.25, -0.2) is 8.42 Å². The minimum Gasteiger partial charge on any atom is -0.493 e. The molecule has 0 fully saturated rings. The van der Waals surface area contributed by atoms with Gasteiger partial charge in [-0.15, -0.1) is 0 Å². The van der Waals surface area contributed by atoms with Crippen LogP contribution in [0.3, 0.4) is 0 Å². The van der Waals surface area contributed by atoms with Gasteiger partial charge < -0.3 is 14.8 Å². The molecule has 0 saturated carbocycles. The first-order chi connectivity index (χ1) is 14.6. The van der Waals surface area contributed by atoms with E-state index in [1.54, 1.807) is 38.5 Å². The molecule has 9 heteroatoms. The van der Waals surface area contributed by atoms with Crippen LogP contribution in [0.2, 0.25) is 5.02 Å². The van der Waals surface area contributed by atoms with E-state index in [1.165, 1.54) is 4.31 Å². The number of benzene rings is 2. The Kier molecular flexibility index (Phi) is 8.59. The number of ether oxygens (including phenoxy) is 2. The predicted octanol–water partition coefficient (Wildman–Crippen LogP) is 4.09.